The van der Waals surface area contributed by atoms with Gasteiger partial charge in [0.2, 0.25) is 5.91 Å². The Morgan fingerprint density at radius 1 is 1.18 bits per heavy atom. The van der Waals surface area contributed by atoms with Crippen molar-refractivity contribution in [3.8, 4) is 0 Å². The van der Waals surface area contributed by atoms with Gasteiger partial charge in [-0.05, 0) is 67.9 Å². The highest BCUT2D eigenvalue weighted by molar-refractivity contribution is 5.88. The highest BCUT2D eigenvalue weighted by atomic mass is 19.1. The lowest BCUT2D eigenvalue weighted by atomic mass is 9.89. The molecule has 1 aliphatic rings. The van der Waals surface area contributed by atoms with E-state index in [2.05, 4.69) is 6.92 Å². The normalized spacial score (nSPS) is 16.3. The van der Waals surface area contributed by atoms with Crippen LogP contribution in [0.2, 0.25) is 0 Å². The van der Waals surface area contributed by atoms with Crippen molar-refractivity contribution in [3.05, 3.63) is 71.2 Å². The lowest BCUT2D eigenvalue weighted by Gasteiger charge is -2.35. The summed E-state index contributed by atoms with van der Waals surface area (Å²) in [6, 6.07) is 14.0. The minimum atomic E-state index is -0.877. The number of amides is 1. The molecular weight excluding hydrogens is 431 g/mol. The predicted molar refractivity (Wildman–Crippen MR) is 131 cm³/mol. The average Bonchev–Trinajstić information content (AvgIpc) is 3.14. The molecule has 0 saturated carbocycles. The number of carbonyl (C=O) groups excluding carboxylic acids is 1. The Bertz CT molecular complexity index is 1170. The standard InChI is InChI=1S/C28H33FN2O3/c1-3-16-30(27(32)15-10-19-8-6-5-7-9-19)21-12-14-26-23(18-21)22-17-20(29)11-13-25(22)31(26)24(4-2)28(33)34/h5-9,11,13,17,21,24H,3-4,10,12,14-16,18H2,1-2H3,(H,33,34)/t21-,24?/m0/s1. The highest BCUT2D eigenvalue weighted by Gasteiger charge is 2.33. The van der Waals surface area contributed by atoms with E-state index in [0.717, 1.165) is 40.6 Å². The summed E-state index contributed by atoms with van der Waals surface area (Å²) in [4.78, 5) is 27.3. The van der Waals surface area contributed by atoms with Gasteiger partial charge >= 0.3 is 5.97 Å². The third kappa shape index (κ3) is 4.72. The fourth-order valence-electron chi connectivity index (χ4n) is 5.43. The first-order valence-electron chi connectivity index (χ1n) is 12.3. The number of carboxylic acids is 1. The molecule has 0 saturated heterocycles. The van der Waals surface area contributed by atoms with E-state index >= 15 is 0 Å². The van der Waals surface area contributed by atoms with E-state index in [1.165, 1.54) is 12.1 Å². The van der Waals surface area contributed by atoms with Gasteiger partial charge in [-0.15, -0.1) is 0 Å². The van der Waals surface area contributed by atoms with Crippen LogP contribution in [0.3, 0.4) is 0 Å². The molecule has 0 spiro atoms. The predicted octanol–water partition coefficient (Wildman–Crippen LogP) is 5.54. The maximum absolute atomic E-state index is 14.2. The second-order valence-electron chi connectivity index (χ2n) is 9.19. The first-order chi connectivity index (χ1) is 16.4. The number of rotatable bonds is 9. The summed E-state index contributed by atoms with van der Waals surface area (Å²) in [5, 5.41) is 10.6. The number of aromatic nitrogens is 1. The number of benzene rings is 2. The molecule has 4 rings (SSSR count). The van der Waals surface area contributed by atoms with Crippen LogP contribution in [0.25, 0.3) is 10.9 Å². The lowest BCUT2D eigenvalue weighted by molar-refractivity contribution is -0.141. The van der Waals surface area contributed by atoms with Gasteiger partial charge in [0.05, 0.1) is 0 Å². The van der Waals surface area contributed by atoms with Gasteiger partial charge in [-0.25, -0.2) is 9.18 Å². The molecule has 1 N–H and O–H groups in total. The molecule has 1 amide bonds. The smallest absolute Gasteiger partial charge is 0.326 e. The first kappa shape index (κ1) is 24.0. The molecule has 3 aromatic rings. The van der Waals surface area contributed by atoms with Crippen molar-refractivity contribution >= 4 is 22.8 Å². The van der Waals surface area contributed by atoms with Crippen molar-refractivity contribution in [2.75, 3.05) is 6.54 Å². The monoisotopic (exact) mass is 464 g/mol. The molecule has 1 aromatic heterocycles. The van der Waals surface area contributed by atoms with Gasteiger partial charge in [0, 0.05) is 35.6 Å². The highest BCUT2D eigenvalue weighted by Crippen LogP contribution is 2.37. The molecule has 1 aliphatic carbocycles. The van der Waals surface area contributed by atoms with Crippen molar-refractivity contribution in [2.24, 2.45) is 0 Å². The van der Waals surface area contributed by atoms with Crippen LogP contribution in [0.4, 0.5) is 4.39 Å². The molecule has 1 unspecified atom stereocenters. The van der Waals surface area contributed by atoms with Crippen LogP contribution in [-0.2, 0) is 28.9 Å². The van der Waals surface area contributed by atoms with Crippen LogP contribution >= 0.6 is 0 Å². The van der Waals surface area contributed by atoms with Gasteiger partial charge in [0.25, 0.3) is 0 Å². The number of hydrogen-bond donors (Lipinski definition) is 1. The molecule has 180 valence electrons. The molecule has 34 heavy (non-hydrogen) atoms. The molecular formula is C28H33FN2O3. The maximum atomic E-state index is 14.2. The Morgan fingerprint density at radius 2 is 1.94 bits per heavy atom. The van der Waals surface area contributed by atoms with E-state index in [1.807, 2.05) is 46.7 Å². The van der Waals surface area contributed by atoms with Gasteiger partial charge in [0.1, 0.15) is 11.9 Å². The molecule has 2 atom stereocenters. The van der Waals surface area contributed by atoms with E-state index in [9.17, 15) is 19.1 Å². The second kappa shape index (κ2) is 10.4. The third-order valence-corrected chi connectivity index (χ3v) is 7.02. The number of carbonyl (C=O) groups is 2. The Kier molecular flexibility index (Phi) is 7.35. The van der Waals surface area contributed by atoms with Crippen molar-refractivity contribution in [1.29, 1.82) is 0 Å². The van der Waals surface area contributed by atoms with E-state index in [4.69, 9.17) is 0 Å². The summed E-state index contributed by atoms with van der Waals surface area (Å²) < 4.78 is 16.1. The third-order valence-electron chi connectivity index (χ3n) is 7.02. The molecule has 5 nitrogen and oxygen atoms in total. The van der Waals surface area contributed by atoms with Gasteiger partial charge in [-0.1, -0.05) is 44.2 Å². The molecule has 0 fully saturated rings. The van der Waals surface area contributed by atoms with Crippen LogP contribution in [0.15, 0.2) is 48.5 Å². The summed E-state index contributed by atoms with van der Waals surface area (Å²) >= 11 is 0. The van der Waals surface area contributed by atoms with Crippen molar-refractivity contribution in [2.45, 2.75) is 70.9 Å². The Labute approximate surface area is 200 Å². The molecule has 2 aromatic carbocycles. The topological polar surface area (TPSA) is 62.5 Å². The lowest BCUT2D eigenvalue weighted by Crippen LogP contribution is -2.44. The first-order valence-corrected chi connectivity index (χ1v) is 12.3. The van der Waals surface area contributed by atoms with Crippen LogP contribution in [-0.4, -0.2) is 39.0 Å². The zero-order chi connectivity index (χ0) is 24.2. The van der Waals surface area contributed by atoms with Gasteiger partial charge in [0.15, 0.2) is 0 Å². The summed E-state index contributed by atoms with van der Waals surface area (Å²) in [7, 11) is 0. The molecule has 1 heterocycles. The summed E-state index contributed by atoms with van der Waals surface area (Å²) in [6.45, 7) is 4.62. The number of hydrogen-bond acceptors (Lipinski definition) is 2. The number of halogens is 1. The average molecular weight is 465 g/mol. The molecule has 0 radical (unpaired) electrons. The zero-order valence-electron chi connectivity index (χ0n) is 20.0. The maximum Gasteiger partial charge on any atom is 0.326 e. The van der Waals surface area contributed by atoms with Crippen molar-refractivity contribution in [3.63, 3.8) is 0 Å². The SMILES string of the molecule is CCCN(C(=O)CCc1ccccc1)[C@H]1CCc2c(c3cc(F)ccc3n2C(CC)C(=O)O)C1. The fraction of sp³-hybridized carbons (Fsp3) is 0.429. The van der Waals surface area contributed by atoms with Crippen LogP contribution in [0.1, 0.15) is 62.4 Å². The molecule has 0 aliphatic heterocycles. The number of aliphatic carboxylic acids is 1. The Hall–Kier alpha value is -3.15. The van der Waals surface area contributed by atoms with Gasteiger partial charge < -0.3 is 14.6 Å². The summed E-state index contributed by atoms with van der Waals surface area (Å²) in [5.74, 6) is -1.06. The van der Waals surface area contributed by atoms with Gasteiger partial charge in [-0.2, -0.15) is 0 Å². The Balaban J connectivity index is 1.64. The summed E-state index contributed by atoms with van der Waals surface area (Å²) in [6.07, 6.45) is 4.56. The number of nitrogens with zero attached hydrogens (tertiary/aromatic N) is 2. The van der Waals surface area contributed by atoms with E-state index < -0.39 is 12.0 Å². The Morgan fingerprint density at radius 3 is 2.62 bits per heavy atom. The van der Waals surface area contributed by atoms with Gasteiger partial charge in [-0.3, -0.25) is 4.79 Å². The minimum Gasteiger partial charge on any atom is -0.480 e. The second-order valence-corrected chi connectivity index (χ2v) is 9.19. The van der Waals surface area contributed by atoms with E-state index in [1.54, 1.807) is 6.07 Å². The van der Waals surface area contributed by atoms with E-state index in [-0.39, 0.29) is 17.8 Å². The van der Waals surface area contributed by atoms with Crippen molar-refractivity contribution in [1.82, 2.24) is 9.47 Å². The number of aryl methyl sites for hydroxylation is 1. The largest absolute Gasteiger partial charge is 0.480 e. The summed E-state index contributed by atoms with van der Waals surface area (Å²) in [5.41, 5.74) is 3.87. The minimum absolute atomic E-state index is 0.0305. The zero-order valence-corrected chi connectivity index (χ0v) is 20.0. The fourth-order valence-corrected chi connectivity index (χ4v) is 5.43. The molecule has 6 heteroatoms. The van der Waals surface area contributed by atoms with Crippen LogP contribution in [0, 0.1) is 5.82 Å². The van der Waals surface area contributed by atoms with Crippen LogP contribution < -0.4 is 0 Å². The quantitative estimate of drug-likeness (QED) is 0.452. The van der Waals surface area contributed by atoms with Crippen LogP contribution in [0.5, 0.6) is 0 Å². The number of carboxylic acid groups (broad SMARTS) is 1. The number of fused-ring (bicyclic) bond motifs is 3. The van der Waals surface area contributed by atoms with E-state index in [0.29, 0.717) is 38.6 Å². The molecule has 0 bridgehead atoms. The van der Waals surface area contributed by atoms with Crippen molar-refractivity contribution < 1.29 is 19.1 Å².